The summed E-state index contributed by atoms with van der Waals surface area (Å²) in [6, 6.07) is 2.07. The molecule has 65 heavy (non-hydrogen) atoms. The van der Waals surface area contributed by atoms with Crippen molar-refractivity contribution in [3.63, 3.8) is 0 Å². The van der Waals surface area contributed by atoms with Gasteiger partial charge in [-0.3, -0.25) is 14.4 Å². The number of methoxy groups -OCH3 is 1. The van der Waals surface area contributed by atoms with Crippen LogP contribution in [0.3, 0.4) is 0 Å². The van der Waals surface area contributed by atoms with Crippen LogP contribution in [0.15, 0.2) is 0 Å². The van der Waals surface area contributed by atoms with Crippen molar-refractivity contribution in [2.24, 2.45) is 53.3 Å². The molecule has 0 radical (unpaired) electrons. The van der Waals surface area contributed by atoms with Crippen molar-refractivity contribution in [3.05, 3.63) is 0 Å². The minimum atomic E-state index is -5.41. The molecule has 0 saturated heterocycles. The fourth-order valence-corrected chi connectivity index (χ4v) is 3.76. The maximum absolute atomic E-state index is 12.1. The summed E-state index contributed by atoms with van der Waals surface area (Å²) in [6.07, 6.45) is -9.66. The highest BCUT2D eigenvalue weighted by Crippen LogP contribution is 2.40. The normalized spacial score (nSPS) is 12.5. The average Bonchev–Trinajstić information content (AvgIpc) is 3.95. The molecule has 1 fully saturated rings. The van der Waals surface area contributed by atoms with Gasteiger partial charge in [0.15, 0.2) is 0 Å². The molecule has 0 aromatic heterocycles. The highest BCUT2D eigenvalue weighted by atomic mass is 19.4. The monoisotopic (exact) mass is 972 g/mol. The Morgan fingerprint density at radius 1 is 0.631 bits per heavy atom. The van der Waals surface area contributed by atoms with Crippen LogP contribution in [0, 0.1) is 64.6 Å². The van der Waals surface area contributed by atoms with Gasteiger partial charge < -0.3 is 4.74 Å². The van der Waals surface area contributed by atoms with E-state index in [1.165, 1.54) is 34.1 Å². The molecule has 0 unspecified atom stereocenters. The topological polar surface area (TPSA) is 84.2 Å². The van der Waals surface area contributed by atoms with Gasteiger partial charge in [-0.1, -0.05) is 124 Å². The van der Waals surface area contributed by atoms with Crippen LogP contribution in [0.2, 0.25) is 0 Å². The van der Waals surface area contributed by atoms with Crippen LogP contribution in [0.4, 0.5) is 52.7 Å². The molecule has 0 heterocycles. The Bertz CT molecular complexity index is 1170. The van der Waals surface area contributed by atoms with E-state index in [1.54, 1.807) is 14.0 Å². The fourth-order valence-electron chi connectivity index (χ4n) is 3.76. The molecule has 394 valence electrons. The van der Waals surface area contributed by atoms with E-state index in [1.807, 2.05) is 76.2 Å². The maximum atomic E-state index is 12.1. The lowest BCUT2D eigenvalue weighted by molar-refractivity contribution is -0.287. The predicted octanol–water partition coefficient (Wildman–Crippen LogP) is 17.2. The van der Waals surface area contributed by atoms with Gasteiger partial charge in [-0.25, -0.2) is 17.6 Å². The molecule has 1 aliphatic rings. The molecule has 0 amide bonds. The van der Waals surface area contributed by atoms with Gasteiger partial charge >= 0.3 is 30.6 Å². The summed E-state index contributed by atoms with van der Waals surface area (Å²) in [6.45, 7) is 33.9. The molecule has 0 aromatic rings. The first-order valence-electron chi connectivity index (χ1n) is 22.6. The van der Waals surface area contributed by atoms with Crippen molar-refractivity contribution in [1.82, 2.24) is 0 Å². The minimum absolute atomic E-state index is 0.213. The van der Waals surface area contributed by atoms with Gasteiger partial charge in [-0.05, 0) is 62.2 Å². The van der Waals surface area contributed by atoms with Crippen molar-refractivity contribution >= 4 is 17.3 Å². The lowest BCUT2D eigenvalue weighted by atomic mass is 10.1. The lowest BCUT2D eigenvalue weighted by Gasteiger charge is -2.20. The molecule has 1 aliphatic carbocycles. The number of carbonyl (C=O) groups excluding carboxylic acids is 3. The summed E-state index contributed by atoms with van der Waals surface area (Å²) in [7, 11) is 1.74. The summed E-state index contributed by atoms with van der Waals surface area (Å²) in [5.41, 5.74) is 0. The van der Waals surface area contributed by atoms with Crippen molar-refractivity contribution in [2.45, 2.75) is 219 Å². The van der Waals surface area contributed by atoms with Crippen molar-refractivity contribution in [3.8, 4) is 6.07 Å². The van der Waals surface area contributed by atoms with Crippen LogP contribution in [-0.2, 0) is 19.1 Å². The number of nitrogens with zero attached hydrogens (tertiary/aromatic N) is 1. The van der Waals surface area contributed by atoms with E-state index >= 15 is 0 Å². The summed E-state index contributed by atoms with van der Waals surface area (Å²) in [5, 5.41) is 7.99. The Hall–Kier alpha value is -2.38. The maximum Gasteiger partial charge on any atom is 0.453 e. The molecule has 1 rings (SSSR count). The summed E-state index contributed by atoms with van der Waals surface area (Å²) < 4.78 is 145. The van der Waals surface area contributed by atoms with E-state index < -0.39 is 61.7 Å². The number of rotatable bonds is 17. The first-order chi connectivity index (χ1) is 29.0. The third kappa shape index (κ3) is 66.0. The number of nitriles is 1. The Morgan fingerprint density at radius 2 is 1.03 bits per heavy atom. The van der Waals surface area contributed by atoms with Gasteiger partial charge in [-0.15, -0.1) is 0 Å². The van der Waals surface area contributed by atoms with E-state index in [9.17, 15) is 67.1 Å². The van der Waals surface area contributed by atoms with Gasteiger partial charge in [0.25, 0.3) is 0 Å². The van der Waals surface area contributed by atoms with Gasteiger partial charge in [0, 0.05) is 69.5 Å². The number of alkyl halides is 12. The summed E-state index contributed by atoms with van der Waals surface area (Å²) in [5.74, 6) is -5.49. The lowest BCUT2D eigenvalue weighted by Crippen LogP contribution is -2.37. The molecular formula is C48H89F12NO4. The number of hydrogen-bond donors (Lipinski definition) is 0. The number of halogens is 12. The number of Topliss-reactive ketones (excluding diaryl/α,β-unsaturated/α-hetero) is 3. The van der Waals surface area contributed by atoms with Crippen LogP contribution in [-0.4, -0.2) is 61.7 Å². The molecular weight excluding hydrogens is 883 g/mol. The second kappa shape index (κ2) is 41.8. The molecule has 17 heteroatoms. The zero-order chi connectivity index (χ0) is 53.7. The zero-order valence-electron chi connectivity index (χ0n) is 43.2. The second-order valence-electron chi connectivity index (χ2n) is 18.9. The quantitative estimate of drug-likeness (QED) is 0.136. The highest BCUT2D eigenvalue weighted by Gasteiger charge is 2.57. The molecule has 5 nitrogen and oxygen atoms in total. The summed E-state index contributed by atoms with van der Waals surface area (Å²) in [4.78, 5) is 31.6. The molecule has 1 saturated carbocycles. The van der Waals surface area contributed by atoms with Gasteiger partial charge in [0.1, 0.15) is 17.3 Å². The SMILES string of the molecule is CC(=O)C(C)C.CC(C)C(=O)C1CC1.CC(C)CC#N.CC(C)CC(F)(F)C(F)(F)F.CC(C)CC(F)(F)C(F)F.CC(C)CCCC(F)(F)F.CCC(=O)C(C)C.COCCC(C)C. The first-order valence-corrected chi connectivity index (χ1v) is 22.6. The van der Waals surface area contributed by atoms with E-state index in [-0.39, 0.29) is 30.0 Å². The Morgan fingerprint density at radius 3 is 1.14 bits per heavy atom. The molecule has 0 N–H and O–H groups in total. The smallest absolute Gasteiger partial charge is 0.385 e. The van der Waals surface area contributed by atoms with Crippen molar-refractivity contribution in [2.75, 3.05) is 13.7 Å². The third-order valence-corrected chi connectivity index (χ3v) is 8.07. The number of hydrogen-bond acceptors (Lipinski definition) is 5. The highest BCUT2D eigenvalue weighted by molar-refractivity contribution is 5.84. The predicted molar refractivity (Wildman–Crippen MR) is 240 cm³/mol. The standard InChI is InChI=1S/C7H13F3.C7H12O.C6H9F5.C6H10F4.C6H14O.C6H12O.C5H9N.C5H10O/c1-6(2)4-3-5-7(8,9)10;1-5(2)7(8)6-3-4-6;1-4(2)3-5(7,8)6(9,10)11;1-4(2)3-6(9,10)5(7)8;1-6(2)4-5-7-3;1-4-6(7)5(2)3;1-5(2)3-4-6;1-4(2)5(3)6/h6H,3-5H2,1-2H3;5-6H,3-4H2,1-2H3;4H,3H2,1-2H3;4-5H,3H2,1-2H3;6H,4-5H2,1-3H3;5H,4H2,1-3H3;5H,3H2,1-2H3;4H,1-3H3. The van der Waals surface area contributed by atoms with Gasteiger partial charge in [0.05, 0.1) is 6.07 Å². The van der Waals surface area contributed by atoms with Crippen LogP contribution in [0.25, 0.3) is 0 Å². The molecule has 0 bridgehead atoms. The fraction of sp³-hybridized carbons (Fsp3) is 0.917. The third-order valence-electron chi connectivity index (χ3n) is 8.07. The molecule has 0 spiro atoms. The van der Waals surface area contributed by atoms with E-state index in [0.717, 1.165) is 25.4 Å². The Kier molecular flexibility index (Phi) is 49.4. The van der Waals surface area contributed by atoms with E-state index in [4.69, 9.17) is 10.00 Å². The van der Waals surface area contributed by atoms with E-state index in [0.29, 0.717) is 48.6 Å². The van der Waals surface area contributed by atoms with Gasteiger partial charge in [-0.2, -0.15) is 40.4 Å². The number of ketones is 3. The largest absolute Gasteiger partial charge is 0.453 e. The minimum Gasteiger partial charge on any atom is -0.385 e. The number of ether oxygens (including phenoxy) is 1. The molecule has 0 atom stereocenters. The second-order valence-corrected chi connectivity index (χ2v) is 18.9. The Balaban J connectivity index is -0.000000119. The van der Waals surface area contributed by atoms with Crippen molar-refractivity contribution < 1.29 is 71.8 Å². The Labute approximate surface area is 386 Å². The molecule has 0 aromatic carbocycles. The van der Waals surface area contributed by atoms with Crippen LogP contribution in [0.5, 0.6) is 0 Å². The zero-order valence-corrected chi connectivity index (χ0v) is 43.2. The van der Waals surface area contributed by atoms with Crippen molar-refractivity contribution in [1.29, 1.82) is 5.26 Å². The first kappa shape index (κ1) is 76.9. The van der Waals surface area contributed by atoms with Crippen LogP contribution < -0.4 is 0 Å². The van der Waals surface area contributed by atoms with Crippen LogP contribution in [0.1, 0.15) is 189 Å². The average molecular weight is 972 g/mol. The number of carbonyl (C=O) groups is 3. The molecule has 0 aliphatic heterocycles. The summed E-state index contributed by atoms with van der Waals surface area (Å²) >= 11 is 0. The van der Waals surface area contributed by atoms with Crippen LogP contribution >= 0.6 is 0 Å². The van der Waals surface area contributed by atoms with Gasteiger partial charge in [0.2, 0.25) is 0 Å². The van der Waals surface area contributed by atoms with E-state index in [2.05, 4.69) is 19.9 Å².